The molecule has 140 valence electrons. The van der Waals surface area contributed by atoms with E-state index in [1.165, 1.54) is 0 Å². The van der Waals surface area contributed by atoms with Crippen molar-refractivity contribution in [3.05, 3.63) is 59.6 Å². The summed E-state index contributed by atoms with van der Waals surface area (Å²) in [6, 6.07) is 7.21. The molecule has 0 fully saturated rings. The van der Waals surface area contributed by atoms with Crippen LogP contribution in [0, 0.1) is 0 Å². The lowest BCUT2D eigenvalue weighted by Crippen LogP contribution is -2.24. The first-order chi connectivity index (χ1) is 13.0. The maximum atomic E-state index is 13.0. The molecule has 0 bridgehead atoms. The second-order valence-corrected chi connectivity index (χ2v) is 6.44. The smallest absolute Gasteiger partial charge is 0.383 e. The number of anilines is 1. The minimum absolute atomic E-state index is 0.0618. The summed E-state index contributed by atoms with van der Waals surface area (Å²) in [5, 5.41) is 10.1. The van der Waals surface area contributed by atoms with Crippen molar-refractivity contribution in [2.45, 2.75) is 24.8 Å². The molecule has 2 heterocycles. The highest BCUT2D eigenvalue weighted by atomic mass is 35.5. The number of aromatic nitrogens is 3. The topological polar surface area (TPSA) is 89.0 Å². The predicted molar refractivity (Wildman–Crippen MR) is 92.7 cm³/mol. The van der Waals surface area contributed by atoms with Crippen LogP contribution in [0.2, 0.25) is 0 Å². The summed E-state index contributed by atoms with van der Waals surface area (Å²) >= 11 is 4.88. The Morgan fingerprint density at radius 1 is 1.15 bits per heavy atom. The third-order valence-electron chi connectivity index (χ3n) is 4.10. The van der Waals surface area contributed by atoms with Gasteiger partial charge in [-0.25, -0.2) is 0 Å². The maximum Gasteiger partial charge on any atom is 0.400 e. The fraction of sp³-hybridized carbons (Fsp3) is 0.235. The lowest BCUT2D eigenvalue weighted by Gasteiger charge is -2.25. The van der Waals surface area contributed by atoms with Gasteiger partial charge < -0.3 is 19.7 Å². The molecule has 0 saturated carbocycles. The standard InChI is InChI=1S/C17H14ClF2N5O2/c18-17(19,20)16-24-15(25-27-16)11-3-1-10(2-4-11)7-21-13-5-6-14(13)23-12-8-22-26-9-12/h1-4,8-9,21,23H,5-7H2. The molecule has 2 aromatic heterocycles. The molecule has 10 heteroatoms. The Balaban J connectivity index is 1.38. The Labute approximate surface area is 157 Å². The van der Waals surface area contributed by atoms with E-state index in [0.29, 0.717) is 12.1 Å². The molecule has 1 aliphatic rings. The molecule has 0 radical (unpaired) electrons. The number of halogens is 3. The fourth-order valence-corrected chi connectivity index (χ4v) is 2.66. The van der Waals surface area contributed by atoms with Crippen LogP contribution < -0.4 is 10.6 Å². The van der Waals surface area contributed by atoms with Gasteiger partial charge in [0.1, 0.15) is 6.26 Å². The molecule has 1 aromatic carbocycles. The van der Waals surface area contributed by atoms with Gasteiger partial charge in [-0.05, 0) is 30.0 Å². The van der Waals surface area contributed by atoms with Gasteiger partial charge in [0, 0.05) is 23.5 Å². The van der Waals surface area contributed by atoms with E-state index >= 15 is 0 Å². The number of benzene rings is 1. The molecule has 1 aliphatic carbocycles. The molecule has 4 rings (SSSR count). The second kappa shape index (κ2) is 6.99. The molecule has 0 aliphatic heterocycles. The van der Waals surface area contributed by atoms with E-state index < -0.39 is 11.3 Å². The second-order valence-electron chi connectivity index (χ2n) is 5.97. The average Bonchev–Trinajstić information content (AvgIpc) is 3.31. The van der Waals surface area contributed by atoms with E-state index in [4.69, 9.17) is 16.1 Å². The Morgan fingerprint density at radius 2 is 1.93 bits per heavy atom. The van der Waals surface area contributed by atoms with Crippen LogP contribution in [0.3, 0.4) is 0 Å². The third kappa shape index (κ3) is 3.92. The molecule has 3 aromatic rings. The molecule has 2 N–H and O–H groups in total. The molecule has 0 spiro atoms. The Morgan fingerprint density at radius 3 is 2.52 bits per heavy atom. The van der Waals surface area contributed by atoms with E-state index in [9.17, 15) is 8.78 Å². The fourth-order valence-electron chi connectivity index (χ4n) is 2.59. The van der Waals surface area contributed by atoms with Crippen molar-refractivity contribution in [2.24, 2.45) is 0 Å². The highest BCUT2D eigenvalue weighted by Gasteiger charge is 2.35. The minimum Gasteiger partial charge on any atom is -0.383 e. The molecule has 0 unspecified atom stereocenters. The quantitative estimate of drug-likeness (QED) is 0.581. The van der Waals surface area contributed by atoms with Gasteiger partial charge in [-0.2, -0.15) is 13.8 Å². The maximum absolute atomic E-state index is 13.0. The van der Waals surface area contributed by atoms with Crippen LogP contribution in [-0.2, 0) is 11.9 Å². The largest absolute Gasteiger partial charge is 0.400 e. The predicted octanol–water partition coefficient (Wildman–Crippen LogP) is 4.22. The third-order valence-corrected chi connectivity index (χ3v) is 4.27. The summed E-state index contributed by atoms with van der Waals surface area (Å²) in [6.45, 7) is 0.627. The molecule has 0 saturated heterocycles. The number of hydrogen-bond donors (Lipinski definition) is 2. The number of nitrogens with zero attached hydrogens (tertiary/aromatic N) is 3. The van der Waals surface area contributed by atoms with E-state index in [1.807, 2.05) is 12.1 Å². The van der Waals surface area contributed by atoms with Gasteiger partial charge in [0.05, 0.1) is 11.9 Å². The number of alkyl halides is 3. The van der Waals surface area contributed by atoms with Crippen LogP contribution in [0.25, 0.3) is 11.4 Å². The van der Waals surface area contributed by atoms with Gasteiger partial charge in [-0.3, -0.25) is 0 Å². The lowest BCUT2D eigenvalue weighted by atomic mass is 10.00. The molecule has 7 nitrogen and oxygen atoms in total. The Hall–Kier alpha value is -2.94. The van der Waals surface area contributed by atoms with Crippen LogP contribution in [0.5, 0.6) is 0 Å². The molecular formula is C17H14ClF2N5O2. The molecular weight excluding hydrogens is 380 g/mol. The van der Waals surface area contributed by atoms with Crippen LogP contribution in [0.15, 0.2) is 57.2 Å². The molecule has 0 amide bonds. The van der Waals surface area contributed by atoms with E-state index in [1.54, 1.807) is 24.6 Å². The Kier molecular flexibility index (Phi) is 4.53. The number of allylic oxidation sites excluding steroid dienone is 2. The Bertz CT molecular complexity index is 949. The monoisotopic (exact) mass is 393 g/mol. The highest BCUT2D eigenvalue weighted by Crippen LogP contribution is 2.32. The molecule has 0 atom stereocenters. The summed E-state index contributed by atoms with van der Waals surface area (Å²) in [7, 11) is 0. The first kappa shape index (κ1) is 17.5. The van der Waals surface area contributed by atoms with Crippen LogP contribution in [-0.4, -0.2) is 15.3 Å². The average molecular weight is 394 g/mol. The van der Waals surface area contributed by atoms with Gasteiger partial charge in [0.25, 0.3) is 0 Å². The van der Waals surface area contributed by atoms with Gasteiger partial charge >= 0.3 is 11.3 Å². The minimum atomic E-state index is -3.68. The van der Waals surface area contributed by atoms with Crippen molar-refractivity contribution in [1.29, 1.82) is 0 Å². The van der Waals surface area contributed by atoms with E-state index in [-0.39, 0.29) is 5.82 Å². The van der Waals surface area contributed by atoms with Crippen LogP contribution in [0.4, 0.5) is 14.5 Å². The normalized spacial score (nSPS) is 14.2. The van der Waals surface area contributed by atoms with Gasteiger partial charge in [0.2, 0.25) is 5.82 Å². The van der Waals surface area contributed by atoms with Gasteiger partial charge in [0.15, 0.2) is 0 Å². The summed E-state index contributed by atoms with van der Waals surface area (Å²) < 4.78 is 35.2. The zero-order chi connectivity index (χ0) is 18.9. The highest BCUT2D eigenvalue weighted by molar-refractivity contribution is 6.21. The SMILES string of the molecule is FC(F)(Cl)c1nc(-c2ccc(CNC3=C(Nc4cnoc4)CC3)cc2)no1. The number of rotatable bonds is 7. The van der Waals surface area contributed by atoms with Crippen molar-refractivity contribution in [2.75, 3.05) is 5.32 Å². The van der Waals surface area contributed by atoms with Crippen molar-refractivity contribution >= 4 is 17.3 Å². The summed E-state index contributed by atoms with van der Waals surface area (Å²) in [5.41, 5.74) is 4.64. The van der Waals surface area contributed by atoms with E-state index in [0.717, 1.165) is 35.5 Å². The van der Waals surface area contributed by atoms with Crippen LogP contribution >= 0.6 is 11.6 Å². The number of nitrogens with one attached hydrogen (secondary N) is 2. The zero-order valence-electron chi connectivity index (χ0n) is 13.9. The zero-order valence-corrected chi connectivity index (χ0v) is 14.6. The summed E-state index contributed by atoms with van der Waals surface area (Å²) in [4.78, 5) is 3.62. The molecule has 27 heavy (non-hydrogen) atoms. The lowest BCUT2D eigenvalue weighted by molar-refractivity contribution is 0.0551. The van der Waals surface area contributed by atoms with Gasteiger partial charge in [-0.1, -0.05) is 34.6 Å². The first-order valence-electron chi connectivity index (χ1n) is 8.11. The van der Waals surface area contributed by atoms with Crippen molar-refractivity contribution in [3.8, 4) is 11.4 Å². The van der Waals surface area contributed by atoms with Gasteiger partial charge in [-0.15, -0.1) is 0 Å². The number of hydrogen-bond acceptors (Lipinski definition) is 7. The van der Waals surface area contributed by atoms with E-state index in [2.05, 4.69) is 30.5 Å². The first-order valence-corrected chi connectivity index (χ1v) is 8.49. The van der Waals surface area contributed by atoms with Crippen molar-refractivity contribution < 1.29 is 17.8 Å². The summed E-state index contributed by atoms with van der Waals surface area (Å²) in [5.74, 6) is -0.860. The summed E-state index contributed by atoms with van der Waals surface area (Å²) in [6.07, 6.45) is 5.08. The van der Waals surface area contributed by atoms with Crippen molar-refractivity contribution in [3.63, 3.8) is 0 Å². The van der Waals surface area contributed by atoms with Crippen molar-refractivity contribution in [1.82, 2.24) is 20.6 Å². The van der Waals surface area contributed by atoms with Crippen LogP contribution in [0.1, 0.15) is 24.3 Å².